The molecule has 0 aliphatic rings. The second-order valence-corrected chi connectivity index (χ2v) is 4.45. The van der Waals surface area contributed by atoms with Crippen molar-refractivity contribution in [3.8, 4) is 0 Å². The summed E-state index contributed by atoms with van der Waals surface area (Å²) in [6, 6.07) is 3.71. The Morgan fingerprint density at radius 1 is 1.57 bits per heavy atom. The van der Waals surface area contributed by atoms with Crippen molar-refractivity contribution in [2.24, 2.45) is 0 Å². The largest absolute Gasteiger partial charge is 0.363 e. The summed E-state index contributed by atoms with van der Waals surface area (Å²) in [5.74, 6) is -0.0813. The predicted molar refractivity (Wildman–Crippen MR) is 55.2 cm³/mol. The minimum absolute atomic E-state index is 0.300. The molecule has 0 aromatic carbocycles. The van der Waals surface area contributed by atoms with Crippen LogP contribution in [0.3, 0.4) is 0 Å². The Balaban J connectivity index is 1.98. The Morgan fingerprint density at radius 3 is 3.00 bits per heavy atom. The van der Waals surface area contributed by atoms with E-state index in [-0.39, 0.29) is 5.82 Å². The smallest absolute Gasteiger partial charge is 0.184 e. The molecule has 0 saturated heterocycles. The number of aromatic nitrogens is 2. The van der Waals surface area contributed by atoms with E-state index < -0.39 is 0 Å². The molecule has 0 unspecified atom stereocenters. The van der Waals surface area contributed by atoms with Gasteiger partial charge >= 0.3 is 0 Å². The van der Waals surface area contributed by atoms with Crippen molar-refractivity contribution in [2.75, 3.05) is 5.32 Å². The number of nitrogens with one attached hydrogen (secondary N) is 2. The first-order chi connectivity index (χ1) is 6.75. The van der Waals surface area contributed by atoms with E-state index in [4.69, 9.17) is 11.6 Å². The molecule has 0 radical (unpaired) electrons. The molecule has 0 fully saturated rings. The lowest BCUT2D eigenvalue weighted by molar-refractivity contribution is 0.631. The number of halogens is 2. The predicted octanol–water partition coefficient (Wildman–Crippen LogP) is 2.88. The Bertz CT molecular complexity index is 426. The summed E-state index contributed by atoms with van der Waals surface area (Å²) in [7, 11) is 0. The summed E-state index contributed by atoms with van der Waals surface area (Å²) >= 11 is 7.21. The van der Waals surface area contributed by atoms with Gasteiger partial charge in [-0.2, -0.15) is 5.10 Å². The molecule has 0 bridgehead atoms. The zero-order chi connectivity index (χ0) is 9.97. The van der Waals surface area contributed by atoms with Gasteiger partial charge in [0.15, 0.2) is 11.6 Å². The lowest BCUT2D eigenvalue weighted by Crippen LogP contribution is -1.99. The molecule has 2 aromatic rings. The molecule has 0 spiro atoms. The van der Waals surface area contributed by atoms with E-state index in [0.717, 1.165) is 15.4 Å². The summed E-state index contributed by atoms with van der Waals surface area (Å²) in [6.45, 7) is 0.538. The van der Waals surface area contributed by atoms with Gasteiger partial charge in [0.1, 0.15) is 0 Å². The van der Waals surface area contributed by atoms with Crippen LogP contribution in [0.5, 0.6) is 0 Å². The first-order valence-electron chi connectivity index (χ1n) is 3.92. The van der Waals surface area contributed by atoms with Gasteiger partial charge in [-0.25, -0.2) is 4.39 Å². The molecule has 0 atom stereocenters. The van der Waals surface area contributed by atoms with Gasteiger partial charge in [0.25, 0.3) is 0 Å². The van der Waals surface area contributed by atoms with Crippen molar-refractivity contribution in [1.29, 1.82) is 0 Å². The molecular formula is C8H7ClFN3S. The zero-order valence-corrected chi connectivity index (χ0v) is 8.62. The van der Waals surface area contributed by atoms with Crippen LogP contribution in [0.4, 0.5) is 10.2 Å². The van der Waals surface area contributed by atoms with Gasteiger partial charge < -0.3 is 5.32 Å². The minimum Gasteiger partial charge on any atom is -0.363 e. The van der Waals surface area contributed by atoms with Crippen LogP contribution in [0.1, 0.15) is 4.88 Å². The summed E-state index contributed by atoms with van der Waals surface area (Å²) in [5.41, 5.74) is 0. The SMILES string of the molecule is Fc1cn[nH]c1NCc1ccc(Cl)s1. The minimum atomic E-state index is -0.382. The van der Waals surface area contributed by atoms with Crippen LogP contribution in [0.2, 0.25) is 4.34 Å². The molecule has 3 nitrogen and oxygen atoms in total. The normalized spacial score (nSPS) is 10.4. The Morgan fingerprint density at radius 2 is 2.43 bits per heavy atom. The molecule has 74 valence electrons. The highest BCUT2D eigenvalue weighted by Crippen LogP contribution is 2.22. The first-order valence-corrected chi connectivity index (χ1v) is 5.12. The van der Waals surface area contributed by atoms with Gasteiger partial charge in [-0.1, -0.05) is 11.6 Å². The zero-order valence-electron chi connectivity index (χ0n) is 7.05. The number of aromatic amines is 1. The number of thiophene rings is 1. The van der Waals surface area contributed by atoms with E-state index in [0.29, 0.717) is 12.4 Å². The van der Waals surface area contributed by atoms with Crippen LogP contribution in [-0.4, -0.2) is 10.2 Å². The lowest BCUT2D eigenvalue weighted by Gasteiger charge is -2.00. The van der Waals surface area contributed by atoms with Crippen molar-refractivity contribution in [1.82, 2.24) is 10.2 Å². The van der Waals surface area contributed by atoms with E-state index in [2.05, 4.69) is 15.5 Å². The van der Waals surface area contributed by atoms with Crippen LogP contribution in [0.25, 0.3) is 0 Å². The number of nitrogens with zero attached hydrogens (tertiary/aromatic N) is 1. The number of H-pyrrole nitrogens is 1. The monoisotopic (exact) mass is 231 g/mol. The molecule has 0 amide bonds. The Labute approximate surface area is 88.9 Å². The average molecular weight is 232 g/mol. The van der Waals surface area contributed by atoms with Gasteiger partial charge in [-0.15, -0.1) is 11.3 Å². The number of hydrogen-bond acceptors (Lipinski definition) is 3. The van der Waals surface area contributed by atoms with Crippen molar-refractivity contribution >= 4 is 28.8 Å². The molecule has 0 aliphatic heterocycles. The van der Waals surface area contributed by atoms with Crippen LogP contribution in [0, 0.1) is 5.82 Å². The fourth-order valence-electron chi connectivity index (χ4n) is 1.02. The third kappa shape index (κ3) is 2.05. The third-order valence-corrected chi connectivity index (χ3v) is 2.89. The summed E-state index contributed by atoms with van der Waals surface area (Å²) < 4.78 is 13.6. The van der Waals surface area contributed by atoms with Crippen LogP contribution >= 0.6 is 22.9 Å². The topological polar surface area (TPSA) is 40.7 Å². The number of rotatable bonds is 3. The summed E-state index contributed by atoms with van der Waals surface area (Å²) in [4.78, 5) is 1.05. The molecule has 2 rings (SSSR count). The highest BCUT2D eigenvalue weighted by molar-refractivity contribution is 7.16. The van der Waals surface area contributed by atoms with Crippen LogP contribution < -0.4 is 5.32 Å². The van der Waals surface area contributed by atoms with Gasteiger partial charge in [-0.05, 0) is 12.1 Å². The average Bonchev–Trinajstić information content (AvgIpc) is 2.72. The Hall–Kier alpha value is -1.07. The third-order valence-electron chi connectivity index (χ3n) is 1.66. The number of anilines is 1. The first kappa shape index (κ1) is 9.48. The van der Waals surface area contributed by atoms with Gasteiger partial charge in [0.2, 0.25) is 0 Å². The molecule has 14 heavy (non-hydrogen) atoms. The molecule has 2 aromatic heterocycles. The standard InChI is InChI=1S/C8H7ClFN3S/c9-7-2-1-5(14-7)3-11-8-6(10)4-12-13-8/h1-2,4H,3H2,(H2,11,12,13). The molecule has 0 aliphatic carbocycles. The molecule has 2 N–H and O–H groups in total. The molecule has 2 heterocycles. The van der Waals surface area contributed by atoms with Crippen molar-refractivity contribution in [3.63, 3.8) is 0 Å². The van der Waals surface area contributed by atoms with Gasteiger partial charge in [0.05, 0.1) is 17.1 Å². The maximum atomic E-state index is 12.9. The van der Waals surface area contributed by atoms with E-state index in [1.54, 1.807) is 0 Å². The second kappa shape index (κ2) is 3.98. The molecular weight excluding hydrogens is 225 g/mol. The lowest BCUT2D eigenvalue weighted by atomic mass is 10.4. The van der Waals surface area contributed by atoms with Crippen molar-refractivity contribution < 1.29 is 4.39 Å². The van der Waals surface area contributed by atoms with Gasteiger partial charge in [-0.3, -0.25) is 5.10 Å². The van der Waals surface area contributed by atoms with E-state index in [1.165, 1.54) is 11.3 Å². The fraction of sp³-hybridized carbons (Fsp3) is 0.125. The maximum Gasteiger partial charge on any atom is 0.184 e. The maximum absolute atomic E-state index is 12.9. The van der Waals surface area contributed by atoms with E-state index >= 15 is 0 Å². The van der Waals surface area contributed by atoms with Crippen molar-refractivity contribution in [2.45, 2.75) is 6.54 Å². The van der Waals surface area contributed by atoms with Gasteiger partial charge in [0, 0.05) is 4.88 Å². The Kier molecular flexibility index (Phi) is 2.69. The summed E-state index contributed by atoms with van der Waals surface area (Å²) in [6.07, 6.45) is 1.13. The van der Waals surface area contributed by atoms with Crippen LogP contribution in [-0.2, 0) is 6.54 Å². The summed E-state index contributed by atoms with van der Waals surface area (Å²) in [5, 5.41) is 8.95. The number of hydrogen-bond donors (Lipinski definition) is 2. The fourth-order valence-corrected chi connectivity index (χ4v) is 2.04. The van der Waals surface area contributed by atoms with Crippen molar-refractivity contribution in [3.05, 3.63) is 33.4 Å². The highest BCUT2D eigenvalue weighted by atomic mass is 35.5. The van der Waals surface area contributed by atoms with Crippen LogP contribution in [0.15, 0.2) is 18.3 Å². The van der Waals surface area contributed by atoms with E-state index in [9.17, 15) is 4.39 Å². The highest BCUT2D eigenvalue weighted by Gasteiger charge is 2.03. The molecule has 0 saturated carbocycles. The molecule has 6 heteroatoms. The second-order valence-electron chi connectivity index (χ2n) is 2.65. The van der Waals surface area contributed by atoms with E-state index in [1.807, 2.05) is 12.1 Å². The quantitative estimate of drug-likeness (QED) is 0.853.